The number of esters is 1. The Morgan fingerprint density at radius 1 is 1.25 bits per heavy atom. The molecule has 0 radical (unpaired) electrons. The third-order valence-electron chi connectivity index (χ3n) is 3.00. The fraction of sp³-hybridized carbons (Fsp3) is 0.267. The molecular weight excluding hydrogens is 278 g/mol. The molecular formula is C15H18ClNO3. The molecule has 20 heavy (non-hydrogen) atoms. The molecule has 4 nitrogen and oxygen atoms in total. The second-order valence-corrected chi connectivity index (χ2v) is 4.13. The van der Waals surface area contributed by atoms with Crippen LogP contribution in [0, 0.1) is 0 Å². The summed E-state index contributed by atoms with van der Waals surface area (Å²) in [5, 5.41) is 1.92. The minimum absolute atomic E-state index is 0. The number of nitrogens with two attached hydrogens (primary N) is 1. The van der Waals surface area contributed by atoms with Gasteiger partial charge >= 0.3 is 5.97 Å². The Kier molecular flexibility index (Phi) is 5.80. The first kappa shape index (κ1) is 16.3. The van der Waals surface area contributed by atoms with Gasteiger partial charge in [0.25, 0.3) is 0 Å². The van der Waals surface area contributed by atoms with Crippen molar-refractivity contribution in [2.75, 3.05) is 13.7 Å². The van der Waals surface area contributed by atoms with Gasteiger partial charge < -0.3 is 15.2 Å². The van der Waals surface area contributed by atoms with Crippen molar-refractivity contribution in [3.8, 4) is 5.75 Å². The fourth-order valence-electron chi connectivity index (χ4n) is 2.12. The van der Waals surface area contributed by atoms with Crippen molar-refractivity contribution < 1.29 is 14.3 Å². The zero-order chi connectivity index (χ0) is 13.8. The molecule has 5 heteroatoms. The molecule has 0 saturated heterocycles. The topological polar surface area (TPSA) is 61.5 Å². The van der Waals surface area contributed by atoms with Crippen LogP contribution in [0.25, 0.3) is 10.8 Å². The van der Waals surface area contributed by atoms with Crippen LogP contribution in [-0.2, 0) is 9.53 Å². The van der Waals surface area contributed by atoms with Crippen molar-refractivity contribution in [3.05, 3.63) is 42.0 Å². The Morgan fingerprint density at radius 2 is 1.95 bits per heavy atom. The molecule has 2 aromatic rings. The van der Waals surface area contributed by atoms with Crippen molar-refractivity contribution in [2.45, 2.75) is 13.0 Å². The van der Waals surface area contributed by atoms with Gasteiger partial charge in [-0.1, -0.05) is 30.3 Å². The van der Waals surface area contributed by atoms with E-state index in [1.54, 1.807) is 0 Å². The molecule has 0 saturated carbocycles. The van der Waals surface area contributed by atoms with E-state index in [0.717, 1.165) is 10.8 Å². The second-order valence-electron chi connectivity index (χ2n) is 4.13. The summed E-state index contributed by atoms with van der Waals surface area (Å²) in [4.78, 5) is 11.7. The zero-order valence-electron chi connectivity index (χ0n) is 11.5. The minimum atomic E-state index is -0.849. The SMILES string of the molecule is CCOc1ccc2ccccc2c1[C@@H](N)C(=O)OC.Cl. The summed E-state index contributed by atoms with van der Waals surface area (Å²) < 4.78 is 10.3. The standard InChI is InChI=1S/C15H17NO3.ClH/c1-3-19-12-9-8-10-6-4-5-7-11(10)13(12)14(16)15(17)18-2;/h4-9,14H,3,16H2,1-2H3;1H/t14-;/m1./s1. The maximum Gasteiger partial charge on any atom is 0.327 e. The van der Waals surface area contributed by atoms with Gasteiger partial charge in [-0.15, -0.1) is 12.4 Å². The van der Waals surface area contributed by atoms with Crippen LogP contribution in [0.15, 0.2) is 36.4 Å². The first-order valence-electron chi connectivity index (χ1n) is 6.17. The molecule has 2 rings (SSSR count). The largest absolute Gasteiger partial charge is 0.493 e. The monoisotopic (exact) mass is 295 g/mol. The molecule has 2 N–H and O–H groups in total. The van der Waals surface area contributed by atoms with Crippen LogP contribution in [0.2, 0.25) is 0 Å². The molecule has 0 bridgehead atoms. The van der Waals surface area contributed by atoms with Crippen molar-refractivity contribution in [2.24, 2.45) is 5.73 Å². The third-order valence-corrected chi connectivity index (χ3v) is 3.00. The second kappa shape index (κ2) is 7.12. The molecule has 108 valence electrons. The van der Waals surface area contributed by atoms with Crippen LogP contribution in [0.4, 0.5) is 0 Å². The number of hydrogen-bond donors (Lipinski definition) is 1. The highest BCUT2D eigenvalue weighted by Crippen LogP contribution is 2.32. The number of hydrogen-bond acceptors (Lipinski definition) is 4. The normalized spacial score (nSPS) is 11.6. The number of carbonyl (C=O) groups excluding carboxylic acids is 1. The average molecular weight is 296 g/mol. The Hall–Kier alpha value is -1.78. The maximum absolute atomic E-state index is 11.7. The van der Waals surface area contributed by atoms with Crippen LogP contribution in [-0.4, -0.2) is 19.7 Å². The molecule has 0 aliphatic carbocycles. The fourth-order valence-corrected chi connectivity index (χ4v) is 2.12. The van der Waals surface area contributed by atoms with Gasteiger partial charge in [-0.25, -0.2) is 0 Å². The van der Waals surface area contributed by atoms with Gasteiger partial charge in [0.05, 0.1) is 13.7 Å². The Labute approximate surface area is 124 Å². The zero-order valence-corrected chi connectivity index (χ0v) is 12.3. The van der Waals surface area contributed by atoms with Gasteiger partial charge in [-0.05, 0) is 23.8 Å². The van der Waals surface area contributed by atoms with Crippen LogP contribution in [0.3, 0.4) is 0 Å². The van der Waals surface area contributed by atoms with Gasteiger partial charge in [-0.3, -0.25) is 4.79 Å². The highest BCUT2D eigenvalue weighted by molar-refractivity contribution is 5.93. The Balaban J connectivity index is 0.00000200. The van der Waals surface area contributed by atoms with E-state index in [1.165, 1.54) is 7.11 Å². The summed E-state index contributed by atoms with van der Waals surface area (Å²) >= 11 is 0. The number of benzene rings is 2. The summed E-state index contributed by atoms with van der Waals surface area (Å²) in [6, 6.07) is 10.7. The highest BCUT2D eigenvalue weighted by atomic mass is 35.5. The van der Waals surface area contributed by atoms with Crippen LogP contribution in [0.5, 0.6) is 5.75 Å². The van der Waals surface area contributed by atoms with E-state index >= 15 is 0 Å². The predicted molar refractivity (Wildman–Crippen MR) is 81.3 cm³/mol. The van der Waals surface area contributed by atoms with Gasteiger partial charge in [0.1, 0.15) is 11.8 Å². The summed E-state index contributed by atoms with van der Waals surface area (Å²) in [5.41, 5.74) is 6.66. The van der Waals surface area contributed by atoms with Crippen molar-refractivity contribution in [1.82, 2.24) is 0 Å². The molecule has 0 amide bonds. The number of methoxy groups -OCH3 is 1. The van der Waals surface area contributed by atoms with E-state index in [9.17, 15) is 4.79 Å². The van der Waals surface area contributed by atoms with E-state index in [2.05, 4.69) is 0 Å². The Bertz CT molecular complexity index is 601. The molecule has 0 aliphatic rings. The maximum atomic E-state index is 11.7. The van der Waals surface area contributed by atoms with Crippen molar-refractivity contribution in [3.63, 3.8) is 0 Å². The molecule has 0 heterocycles. The quantitative estimate of drug-likeness (QED) is 0.881. The summed E-state index contributed by atoms with van der Waals surface area (Å²) in [6.07, 6.45) is 0. The van der Waals surface area contributed by atoms with E-state index in [4.69, 9.17) is 15.2 Å². The predicted octanol–water partition coefficient (Wildman–Crippen LogP) is 2.83. The van der Waals surface area contributed by atoms with Gasteiger partial charge in [0, 0.05) is 5.56 Å². The van der Waals surface area contributed by atoms with E-state index < -0.39 is 12.0 Å². The van der Waals surface area contributed by atoms with Gasteiger partial charge in [0.15, 0.2) is 0 Å². The summed E-state index contributed by atoms with van der Waals surface area (Å²) in [6.45, 7) is 2.40. The lowest BCUT2D eigenvalue weighted by Gasteiger charge is -2.17. The lowest BCUT2D eigenvalue weighted by molar-refractivity contribution is -0.142. The molecule has 0 spiro atoms. The Morgan fingerprint density at radius 3 is 2.60 bits per heavy atom. The lowest BCUT2D eigenvalue weighted by Crippen LogP contribution is -2.23. The van der Waals surface area contributed by atoms with Crippen LogP contribution >= 0.6 is 12.4 Å². The van der Waals surface area contributed by atoms with E-state index in [0.29, 0.717) is 17.9 Å². The molecule has 0 aliphatic heterocycles. The first-order valence-corrected chi connectivity index (χ1v) is 6.17. The molecule has 0 fully saturated rings. The number of carbonyl (C=O) groups is 1. The smallest absolute Gasteiger partial charge is 0.327 e. The number of ether oxygens (including phenoxy) is 2. The highest BCUT2D eigenvalue weighted by Gasteiger charge is 2.23. The third kappa shape index (κ3) is 3.03. The average Bonchev–Trinajstić information content (AvgIpc) is 2.45. The van der Waals surface area contributed by atoms with Crippen LogP contribution < -0.4 is 10.5 Å². The number of fused-ring (bicyclic) bond motifs is 1. The molecule has 0 unspecified atom stereocenters. The first-order chi connectivity index (χ1) is 9.19. The van der Waals surface area contributed by atoms with Gasteiger partial charge in [0.2, 0.25) is 0 Å². The lowest BCUT2D eigenvalue weighted by atomic mass is 9.98. The molecule has 1 atom stereocenters. The summed E-state index contributed by atoms with van der Waals surface area (Å²) in [5.74, 6) is 0.149. The van der Waals surface area contributed by atoms with Crippen molar-refractivity contribution in [1.29, 1.82) is 0 Å². The van der Waals surface area contributed by atoms with E-state index in [1.807, 2.05) is 43.3 Å². The van der Waals surface area contributed by atoms with Gasteiger partial charge in [-0.2, -0.15) is 0 Å². The van der Waals surface area contributed by atoms with E-state index in [-0.39, 0.29) is 12.4 Å². The molecule has 2 aromatic carbocycles. The summed E-state index contributed by atoms with van der Waals surface area (Å²) in [7, 11) is 1.33. The van der Waals surface area contributed by atoms with Crippen LogP contribution in [0.1, 0.15) is 18.5 Å². The van der Waals surface area contributed by atoms with Crippen molar-refractivity contribution >= 4 is 29.1 Å². The number of halogens is 1. The number of rotatable bonds is 4. The minimum Gasteiger partial charge on any atom is -0.493 e. The molecule has 0 aromatic heterocycles.